The van der Waals surface area contributed by atoms with E-state index in [9.17, 15) is 19.1 Å². The Labute approximate surface area is 173 Å². The molecule has 1 amide bonds. The molecule has 3 aromatic rings. The van der Waals surface area contributed by atoms with Crippen molar-refractivity contribution in [2.45, 2.75) is 19.9 Å². The van der Waals surface area contributed by atoms with Gasteiger partial charge in [0.2, 0.25) is 0 Å². The maximum Gasteiger partial charge on any atom is 0.300 e. The van der Waals surface area contributed by atoms with E-state index >= 15 is 0 Å². The number of ketones is 1. The molecule has 1 aromatic heterocycles. The molecule has 0 aliphatic carbocycles. The van der Waals surface area contributed by atoms with Crippen LogP contribution in [0.1, 0.15) is 28.4 Å². The summed E-state index contributed by atoms with van der Waals surface area (Å²) in [5.74, 6) is -2.34. The zero-order chi connectivity index (χ0) is 21.4. The van der Waals surface area contributed by atoms with Crippen LogP contribution in [0, 0.1) is 19.7 Å². The molecule has 30 heavy (non-hydrogen) atoms. The molecule has 5 nitrogen and oxygen atoms in total. The van der Waals surface area contributed by atoms with Gasteiger partial charge in [0.15, 0.2) is 0 Å². The highest BCUT2D eigenvalue weighted by atomic mass is 19.1. The molecule has 1 atom stereocenters. The number of amides is 1. The zero-order valence-electron chi connectivity index (χ0n) is 16.5. The predicted octanol–water partition coefficient (Wildman–Crippen LogP) is 4.46. The zero-order valence-corrected chi connectivity index (χ0v) is 16.5. The first kappa shape index (κ1) is 19.5. The van der Waals surface area contributed by atoms with E-state index < -0.39 is 23.5 Å². The van der Waals surface area contributed by atoms with Crippen molar-refractivity contribution >= 4 is 23.1 Å². The predicted molar refractivity (Wildman–Crippen MR) is 111 cm³/mol. The van der Waals surface area contributed by atoms with Crippen LogP contribution in [0.3, 0.4) is 0 Å². The number of aliphatic hydroxyl groups is 1. The van der Waals surface area contributed by atoms with Crippen LogP contribution in [0.5, 0.6) is 0 Å². The first-order valence-corrected chi connectivity index (χ1v) is 9.43. The highest BCUT2D eigenvalue weighted by Gasteiger charge is 2.47. The van der Waals surface area contributed by atoms with Crippen LogP contribution in [0.25, 0.3) is 5.76 Å². The van der Waals surface area contributed by atoms with E-state index in [1.54, 1.807) is 36.5 Å². The maximum absolute atomic E-state index is 13.4. The molecule has 6 heteroatoms. The summed E-state index contributed by atoms with van der Waals surface area (Å²) in [6, 6.07) is 14.8. The van der Waals surface area contributed by atoms with Gasteiger partial charge in [0.05, 0.1) is 11.3 Å². The topological polar surface area (TPSA) is 70.5 Å². The molecule has 0 bridgehead atoms. The van der Waals surface area contributed by atoms with Gasteiger partial charge in [-0.3, -0.25) is 19.5 Å². The fourth-order valence-corrected chi connectivity index (χ4v) is 3.56. The van der Waals surface area contributed by atoms with Crippen molar-refractivity contribution in [3.05, 3.63) is 101 Å². The lowest BCUT2D eigenvalue weighted by atomic mass is 9.96. The lowest BCUT2D eigenvalue weighted by molar-refractivity contribution is -0.132. The average molecular weight is 402 g/mol. The number of aliphatic hydroxyl groups excluding tert-OH is 1. The number of rotatable bonds is 3. The molecule has 1 unspecified atom stereocenters. The quantitative estimate of drug-likeness (QED) is 0.399. The molecule has 0 spiro atoms. The van der Waals surface area contributed by atoms with Gasteiger partial charge in [0.1, 0.15) is 17.6 Å². The van der Waals surface area contributed by atoms with Crippen molar-refractivity contribution in [2.24, 2.45) is 0 Å². The van der Waals surface area contributed by atoms with E-state index in [1.165, 1.54) is 29.2 Å². The monoisotopic (exact) mass is 402 g/mol. The highest BCUT2D eigenvalue weighted by Crippen LogP contribution is 2.41. The van der Waals surface area contributed by atoms with Gasteiger partial charge in [0.25, 0.3) is 11.7 Å². The number of Topliss-reactive ketones (excluding diaryl/α,β-unsaturated/α-hetero) is 1. The summed E-state index contributed by atoms with van der Waals surface area (Å²) >= 11 is 0. The minimum absolute atomic E-state index is 0.0497. The molecule has 4 rings (SSSR count). The SMILES string of the molecule is Cc1ccc(/C(O)=C2/C(=O)C(=O)N(c3ccc(F)cc3)C2c2ccccn2)cc1C. The molecule has 0 saturated carbocycles. The first-order chi connectivity index (χ1) is 14.4. The Hall–Kier alpha value is -3.80. The van der Waals surface area contributed by atoms with Crippen LogP contribution in [-0.2, 0) is 9.59 Å². The minimum atomic E-state index is -0.932. The van der Waals surface area contributed by atoms with Crippen LogP contribution >= 0.6 is 0 Å². The molecule has 150 valence electrons. The standard InChI is InChI=1S/C24H19FN2O3/c1-14-6-7-16(13-15(14)2)22(28)20-21(19-5-3-4-12-26-19)27(24(30)23(20)29)18-10-8-17(25)9-11-18/h3-13,21,28H,1-2H3/b22-20-. The number of halogens is 1. The van der Waals surface area contributed by atoms with Gasteiger partial charge < -0.3 is 5.11 Å². The third-order valence-electron chi connectivity index (χ3n) is 5.30. The van der Waals surface area contributed by atoms with Gasteiger partial charge in [-0.1, -0.05) is 18.2 Å². The van der Waals surface area contributed by atoms with Crippen molar-refractivity contribution in [3.8, 4) is 0 Å². The molecule has 1 N–H and O–H groups in total. The molecule has 1 aliphatic rings. The summed E-state index contributed by atoms with van der Waals surface area (Å²) in [4.78, 5) is 31.5. The maximum atomic E-state index is 13.4. The van der Waals surface area contributed by atoms with Crippen LogP contribution in [-0.4, -0.2) is 21.8 Å². The van der Waals surface area contributed by atoms with Gasteiger partial charge in [-0.25, -0.2) is 4.39 Å². The number of aryl methyl sites for hydroxylation is 2. The van der Waals surface area contributed by atoms with Crippen molar-refractivity contribution in [1.82, 2.24) is 4.98 Å². The largest absolute Gasteiger partial charge is 0.507 e. The first-order valence-electron chi connectivity index (χ1n) is 9.43. The average Bonchev–Trinajstić information content (AvgIpc) is 3.02. The number of carbonyl (C=O) groups is 2. The Kier molecular flexibility index (Phi) is 4.91. The number of anilines is 1. The Bertz CT molecular complexity index is 1170. The van der Waals surface area contributed by atoms with E-state index in [0.29, 0.717) is 16.9 Å². The number of hydrogen-bond donors (Lipinski definition) is 1. The second-order valence-electron chi connectivity index (χ2n) is 7.20. The number of nitrogens with zero attached hydrogens (tertiary/aromatic N) is 2. The number of aromatic nitrogens is 1. The van der Waals surface area contributed by atoms with Gasteiger partial charge in [-0.05, 0) is 67.4 Å². The van der Waals surface area contributed by atoms with E-state index in [-0.39, 0.29) is 11.3 Å². The molecule has 1 aliphatic heterocycles. The van der Waals surface area contributed by atoms with E-state index in [1.807, 2.05) is 19.9 Å². The van der Waals surface area contributed by atoms with Gasteiger partial charge in [0, 0.05) is 17.4 Å². The normalized spacial score (nSPS) is 18.1. The Morgan fingerprint density at radius 2 is 1.73 bits per heavy atom. The molecule has 1 saturated heterocycles. The van der Waals surface area contributed by atoms with Crippen LogP contribution in [0.4, 0.5) is 10.1 Å². The van der Waals surface area contributed by atoms with Gasteiger partial charge >= 0.3 is 0 Å². The van der Waals surface area contributed by atoms with E-state index in [0.717, 1.165) is 11.1 Å². The smallest absolute Gasteiger partial charge is 0.300 e. The Morgan fingerprint density at radius 1 is 1.00 bits per heavy atom. The van der Waals surface area contributed by atoms with E-state index in [4.69, 9.17) is 0 Å². The molecular weight excluding hydrogens is 383 g/mol. The highest BCUT2D eigenvalue weighted by molar-refractivity contribution is 6.51. The number of hydrogen-bond acceptors (Lipinski definition) is 4. The number of benzene rings is 2. The molecule has 2 aromatic carbocycles. The molecule has 0 radical (unpaired) electrons. The van der Waals surface area contributed by atoms with Gasteiger partial charge in [-0.2, -0.15) is 0 Å². The fourth-order valence-electron chi connectivity index (χ4n) is 3.56. The summed E-state index contributed by atoms with van der Waals surface area (Å²) in [6.07, 6.45) is 1.55. The lowest BCUT2D eigenvalue weighted by Crippen LogP contribution is -2.29. The lowest BCUT2D eigenvalue weighted by Gasteiger charge is -2.24. The summed E-state index contributed by atoms with van der Waals surface area (Å²) in [6.45, 7) is 3.85. The summed E-state index contributed by atoms with van der Waals surface area (Å²) in [5, 5.41) is 11.1. The minimum Gasteiger partial charge on any atom is -0.507 e. The van der Waals surface area contributed by atoms with Crippen molar-refractivity contribution < 1.29 is 19.1 Å². The van der Waals surface area contributed by atoms with Crippen molar-refractivity contribution in [1.29, 1.82) is 0 Å². The Balaban J connectivity index is 1.94. The van der Waals surface area contributed by atoms with Crippen molar-refractivity contribution in [2.75, 3.05) is 4.90 Å². The third-order valence-corrected chi connectivity index (χ3v) is 5.30. The molecule has 2 heterocycles. The second-order valence-corrected chi connectivity index (χ2v) is 7.20. The summed E-state index contributed by atoms with van der Waals surface area (Å²) < 4.78 is 13.4. The van der Waals surface area contributed by atoms with Gasteiger partial charge in [-0.15, -0.1) is 0 Å². The molecule has 1 fully saturated rings. The Morgan fingerprint density at radius 3 is 2.37 bits per heavy atom. The van der Waals surface area contributed by atoms with Crippen LogP contribution in [0.2, 0.25) is 0 Å². The number of pyridine rings is 1. The van der Waals surface area contributed by atoms with Crippen molar-refractivity contribution in [3.63, 3.8) is 0 Å². The fraction of sp³-hybridized carbons (Fsp3) is 0.125. The second kappa shape index (κ2) is 7.55. The third kappa shape index (κ3) is 3.26. The summed E-state index contributed by atoms with van der Waals surface area (Å²) in [5.41, 5.74) is 3.14. The molecular formula is C24H19FN2O3. The van der Waals surface area contributed by atoms with Crippen LogP contribution in [0.15, 0.2) is 72.4 Å². The summed E-state index contributed by atoms with van der Waals surface area (Å²) in [7, 11) is 0. The number of carbonyl (C=O) groups excluding carboxylic acids is 2. The van der Waals surface area contributed by atoms with E-state index in [2.05, 4.69) is 4.98 Å². The van der Waals surface area contributed by atoms with Crippen LogP contribution < -0.4 is 4.90 Å².